The highest BCUT2D eigenvalue weighted by Gasteiger charge is 2.21. The molecule has 0 aliphatic rings. The summed E-state index contributed by atoms with van der Waals surface area (Å²) in [6.45, 7) is 4.24. The Balaban J connectivity index is 2.18. The minimum absolute atomic E-state index is 0.180. The zero-order chi connectivity index (χ0) is 18.3. The lowest BCUT2D eigenvalue weighted by molar-refractivity contribution is 0.747. The van der Waals surface area contributed by atoms with Crippen LogP contribution in [0.5, 0.6) is 0 Å². The number of hydrogen-bond donors (Lipinski definition) is 0. The molecule has 0 N–H and O–H groups in total. The first-order chi connectivity index (χ1) is 12.5. The number of rotatable bonds is 3. The van der Waals surface area contributed by atoms with Crippen molar-refractivity contribution >= 4 is 34.1 Å². The molecular weight excluding hydrogens is 369 g/mol. The molecule has 0 saturated carbocycles. The Morgan fingerprint density at radius 3 is 2.50 bits per heavy atom. The Bertz CT molecular complexity index is 1090. The molecule has 26 heavy (non-hydrogen) atoms. The first kappa shape index (κ1) is 16.9. The normalized spacial score (nSPS) is 11.4. The van der Waals surface area contributed by atoms with Crippen molar-refractivity contribution in [2.45, 2.75) is 19.8 Å². The van der Waals surface area contributed by atoms with E-state index in [0.717, 1.165) is 27.6 Å². The van der Waals surface area contributed by atoms with Gasteiger partial charge in [0.25, 0.3) is 0 Å². The van der Waals surface area contributed by atoms with Crippen LogP contribution in [0.15, 0.2) is 48.8 Å². The summed E-state index contributed by atoms with van der Waals surface area (Å²) in [4.78, 5) is 4.82. The number of hydrogen-bond acceptors (Lipinski definition) is 4. The maximum absolute atomic E-state index is 6.29. The van der Waals surface area contributed by atoms with Crippen molar-refractivity contribution in [3.63, 3.8) is 0 Å². The molecule has 2 aromatic carbocycles. The number of pyridine rings is 1. The second kappa shape index (κ2) is 6.67. The second-order valence-corrected chi connectivity index (χ2v) is 7.18. The van der Waals surface area contributed by atoms with Crippen LogP contribution in [0, 0.1) is 0 Å². The molecule has 0 bridgehead atoms. The monoisotopic (exact) mass is 383 g/mol. The Morgan fingerprint density at radius 1 is 1.00 bits per heavy atom. The molecule has 0 aliphatic carbocycles. The zero-order valence-electron chi connectivity index (χ0n) is 14.2. The second-order valence-electron chi connectivity index (χ2n) is 6.30. The predicted octanol–water partition coefficient (Wildman–Crippen LogP) is 5.31. The van der Waals surface area contributed by atoms with Crippen LogP contribution in [-0.2, 0) is 0 Å². The van der Waals surface area contributed by atoms with Crippen molar-refractivity contribution in [1.82, 2.24) is 25.2 Å². The topological polar surface area (TPSA) is 56.5 Å². The molecule has 7 heteroatoms. The van der Waals surface area contributed by atoms with Crippen molar-refractivity contribution < 1.29 is 0 Å². The third-order valence-electron chi connectivity index (χ3n) is 4.22. The van der Waals surface area contributed by atoms with Crippen molar-refractivity contribution in [2.24, 2.45) is 0 Å². The Morgan fingerprint density at radius 2 is 1.81 bits per heavy atom. The summed E-state index contributed by atoms with van der Waals surface area (Å²) in [5.74, 6) is 0.883. The highest BCUT2D eigenvalue weighted by molar-refractivity contribution is 6.32. The molecule has 0 aliphatic heterocycles. The lowest BCUT2D eigenvalue weighted by Gasteiger charge is -2.20. The average molecular weight is 384 g/mol. The van der Waals surface area contributed by atoms with E-state index < -0.39 is 0 Å². The van der Waals surface area contributed by atoms with Crippen LogP contribution in [0.4, 0.5) is 0 Å². The van der Waals surface area contributed by atoms with Gasteiger partial charge < -0.3 is 0 Å². The number of benzene rings is 2. The van der Waals surface area contributed by atoms with Crippen molar-refractivity contribution in [1.29, 1.82) is 0 Å². The quantitative estimate of drug-likeness (QED) is 0.481. The van der Waals surface area contributed by atoms with Crippen LogP contribution >= 0.6 is 23.2 Å². The molecule has 4 rings (SSSR count). The van der Waals surface area contributed by atoms with Gasteiger partial charge in [-0.1, -0.05) is 49.2 Å². The third-order valence-corrected chi connectivity index (χ3v) is 4.69. The van der Waals surface area contributed by atoms with Crippen LogP contribution in [0.25, 0.3) is 27.8 Å². The Kier molecular flexibility index (Phi) is 4.34. The number of aromatic nitrogens is 5. The van der Waals surface area contributed by atoms with E-state index in [2.05, 4.69) is 29.4 Å². The molecule has 4 aromatic rings. The van der Waals surface area contributed by atoms with Crippen molar-refractivity contribution in [3.05, 3.63) is 64.4 Å². The highest BCUT2D eigenvalue weighted by Crippen LogP contribution is 2.39. The van der Waals surface area contributed by atoms with E-state index in [-0.39, 0.29) is 5.92 Å². The van der Waals surface area contributed by atoms with E-state index in [1.807, 2.05) is 42.5 Å². The Hall–Kier alpha value is -2.50. The smallest absolute Gasteiger partial charge is 0.161 e. The summed E-state index contributed by atoms with van der Waals surface area (Å²) < 4.78 is 1.59. The fourth-order valence-corrected chi connectivity index (χ4v) is 3.53. The van der Waals surface area contributed by atoms with Crippen molar-refractivity contribution in [2.75, 3.05) is 0 Å². The summed E-state index contributed by atoms with van der Waals surface area (Å²) in [6.07, 6.45) is 1.55. The zero-order valence-corrected chi connectivity index (χ0v) is 15.7. The van der Waals surface area contributed by atoms with E-state index in [4.69, 9.17) is 28.2 Å². The lowest BCUT2D eigenvalue weighted by atomic mass is 9.90. The van der Waals surface area contributed by atoms with Gasteiger partial charge in [-0.25, -0.2) is 4.98 Å². The molecule has 0 fully saturated rings. The first-order valence-electron chi connectivity index (χ1n) is 8.17. The fourth-order valence-electron chi connectivity index (χ4n) is 3.17. The van der Waals surface area contributed by atoms with Gasteiger partial charge in [0.15, 0.2) is 5.82 Å². The van der Waals surface area contributed by atoms with Gasteiger partial charge >= 0.3 is 0 Å². The highest BCUT2D eigenvalue weighted by atomic mass is 35.5. The van der Waals surface area contributed by atoms with Gasteiger partial charge in [-0.2, -0.15) is 4.68 Å². The predicted molar refractivity (Wildman–Crippen MR) is 104 cm³/mol. The van der Waals surface area contributed by atoms with Gasteiger partial charge in [0.1, 0.15) is 6.33 Å². The molecule has 5 nitrogen and oxygen atoms in total. The van der Waals surface area contributed by atoms with Crippen molar-refractivity contribution in [3.8, 4) is 16.9 Å². The van der Waals surface area contributed by atoms with Crippen LogP contribution in [0.1, 0.15) is 25.3 Å². The van der Waals surface area contributed by atoms with E-state index in [1.165, 1.54) is 0 Å². The van der Waals surface area contributed by atoms with Gasteiger partial charge in [-0.05, 0) is 57.8 Å². The lowest BCUT2D eigenvalue weighted by Crippen LogP contribution is -2.08. The van der Waals surface area contributed by atoms with Crippen LogP contribution in [0.3, 0.4) is 0 Å². The minimum Gasteiger partial charge on any atom is -0.228 e. The number of nitrogens with zero attached hydrogens (tertiary/aromatic N) is 5. The van der Waals surface area contributed by atoms with Crippen LogP contribution < -0.4 is 0 Å². The number of tetrazole rings is 1. The molecule has 0 spiro atoms. The molecule has 0 radical (unpaired) electrons. The summed E-state index contributed by atoms with van der Waals surface area (Å²) in [5.41, 5.74) is 3.90. The summed E-state index contributed by atoms with van der Waals surface area (Å²) in [6, 6.07) is 13.5. The molecule has 0 unspecified atom stereocenters. The van der Waals surface area contributed by atoms with Gasteiger partial charge in [-0.15, -0.1) is 5.10 Å². The van der Waals surface area contributed by atoms with Gasteiger partial charge in [0, 0.05) is 21.0 Å². The van der Waals surface area contributed by atoms with E-state index in [0.29, 0.717) is 15.9 Å². The maximum atomic E-state index is 6.29. The fraction of sp³-hybridized carbons (Fsp3) is 0.158. The first-order valence-corrected chi connectivity index (χ1v) is 8.92. The Labute approximate surface area is 160 Å². The molecule has 130 valence electrons. The average Bonchev–Trinajstić information content (AvgIpc) is 3.14. The van der Waals surface area contributed by atoms with Crippen LogP contribution in [-0.4, -0.2) is 25.2 Å². The molecule has 0 amide bonds. The molecule has 2 aromatic heterocycles. The minimum atomic E-state index is 0.180. The van der Waals surface area contributed by atoms with E-state index in [9.17, 15) is 0 Å². The largest absolute Gasteiger partial charge is 0.228 e. The number of fused-ring (bicyclic) bond motifs is 1. The molecule has 0 atom stereocenters. The summed E-state index contributed by atoms with van der Waals surface area (Å²) in [7, 11) is 0. The van der Waals surface area contributed by atoms with Gasteiger partial charge in [-0.3, -0.25) is 0 Å². The third kappa shape index (κ3) is 2.93. The van der Waals surface area contributed by atoms with Gasteiger partial charge in [0.05, 0.1) is 5.52 Å². The summed E-state index contributed by atoms with van der Waals surface area (Å²) >= 11 is 12.6. The SMILES string of the molecule is CC(C)c1c(-n2cnnn2)nc2ccc(Cl)cc2c1-c1cccc(Cl)c1. The summed E-state index contributed by atoms with van der Waals surface area (Å²) in [5, 5.41) is 13.9. The number of halogens is 2. The van der Waals surface area contributed by atoms with Gasteiger partial charge in [0.2, 0.25) is 0 Å². The van der Waals surface area contributed by atoms with E-state index >= 15 is 0 Å². The maximum Gasteiger partial charge on any atom is 0.161 e. The molecular formula is C19H15Cl2N5. The van der Waals surface area contributed by atoms with Crippen LogP contribution in [0.2, 0.25) is 10.0 Å². The molecule has 0 saturated heterocycles. The molecule has 2 heterocycles. The standard InChI is InChI=1S/C19H15Cl2N5/c1-11(2)17-18(12-4-3-5-13(20)8-12)15-9-14(21)6-7-16(15)23-19(17)26-10-22-24-25-26/h3-11H,1-2H3. The van der Waals surface area contributed by atoms with E-state index in [1.54, 1.807) is 11.0 Å².